The Morgan fingerprint density at radius 1 is 1.00 bits per heavy atom. The van der Waals surface area contributed by atoms with Gasteiger partial charge in [0, 0.05) is 45.3 Å². The molecule has 0 atom stereocenters. The first-order valence-corrected chi connectivity index (χ1v) is 9.98. The van der Waals surface area contributed by atoms with E-state index in [4.69, 9.17) is 4.99 Å². The van der Waals surface area contributed by atoms with Crippen LogP contribution >= 0.6 is 0 Å². The smallest absolute Gasteiger partial charge is 0.191 e. The average Bonchev–Trinajstić information content (AvgIpc) is 3.24. The van der Waals surface area contributed by atoms with Crippen LogP contribution in [-0.2, 0) is 19.6 Å². The Morgan fingerprint density at radius 2 is 1.76 bits per heavy atom. The zero-order chi connectivity index (χ0) is 20.5. The lowest BCUT2D eigenvalue weighted by Gasteiger charge is -2.15. The van der Waals surface area contributed by atoms with Gasteiger partial charge in [-0.2, -0.15) is 5.10 Å². The molecule has 29 heavy (non-hydrogen) atoms. The van der Waals surface area contributed by atoms with Gasteiger partial charge in [0.25, 0.3) is 0 Å². The summed E-state index contributed by atoms with van der Waals surface area (Å²) in [6.07, 6.45) is 3.79. The van der Waals surface area contributed by atoms with E-state index in [2.05, 4.69) is 76.1 Å². The van der Waals surface area contributed by atoms with Crippen molar-refractivity contribution in [3.63, 3.8) is 0 Å². The van der Waals surface area contributed by atoms with Crippen molar-refractivity contribution in [3.05, 3.63) is 83.7 Å². The van der Waals surface area contributed by atoms with Gasteiger partial charge in [-0.3, -0.25) is 4.68 Å². The molecule has 1 heterocycles. The van der Waals surface area contributed by atoms with Gasteiger partial charge in [-0.25, -0.2) is 4.99 Å². The van der Waals surface area contributed by atoms with Gasteiger partial charge in [-0.1, -0.05) is 36.4 Å². The summed E-state index contributed by atoms with van der Waals surface area (Å²) in [6, 6.07) is 18.9. The van der Waals surface area contributed by atoms with E-state index in [9.17, 15) is 0 Å². The minimum Gasteiger partial charge on any atom is -0.378 e. The van der Waals surface area contributed by atoms with Crippen LogP contribution in [0.25, 0.3) is 0 Å². The first kappa shape index (κ1) is 20.5. The predicted molar refractivity (Wildman–Crippen MR) is 120 cm³/mol. The van der Waals surface area contributed by atoms with Crippen LogP contribution in [0, 0.1) is 0 Å². The monoisotopic (exact) mass is 390 g/mol. The molecular weight excluding hydrogens is 360 g/mol. The molecule has 2 aromatic carbocycles. The van der Waals surface area contributed by atoms with E-state index in [-0.39, 0.29) is 0 Å². The first-order chi connectivity index (χ1) is 14.2. The molecule has 0 aliphatic heterocycles. The lowest BCUT2D eigenvalue weighted by molar-refractivity contribution is 0.677. The number of nitrogens with one attached hydrogen (secondary N) is 2. The summed E-state index contributed by atoms with van der Waals surface area (Å²) in [5.74, 6) is 0.818. The van der Waals surface area contributed by atoms with Crippen molar-refractivity contribution >= 4 is 11.6 Å². The molecule has 6 heteroatoms. The molecule has 0 saturated heterocycles. The highest BCUT2D eigenvalue weighted by Crippen LogP contribution is 2.13. The second kappa shape index (κ2) is 10.3. The van der Waals surface area contributed by atoms with E-state index < -0.39 is 0 Å². The van der Waals surface area contributed by atoms with Crippen LogP contribution in [0.4, 0.5) is 5.69 Å². The topological polar surface area (TPSA) is 57.5 Å². The minimum atomic E-state index is 0.637. The molecule has 1 aromatic heterocycles. The maximum atomic E-state index is 4.74. The van der Waals surface area contributed by atoms with Crippen molar-refractivity contribution in [1.29, 1.82) is 0 Å². The Bertz CT molecular complexity index is 897. The van der Waals surface area contributed by atoms with Gasteiger partial charge in [0.05, 0.1) is 13.1 Å². The summed E-state index contributed by atoms with van der Waals surface area (Å²) in [7, 11) is 4.09. The molecule has 0 radical (unpaired) electrons. The molecular formula is C23H30N6. The SMILES string of the molecule is CCNC(=NCc1ccc(N(C)C)cc1)NCc1ccccc1Cn1cccn1. The van der Waals surface area contributed by atoms with Crippen LogP contribution in [0.1, 0.15) is 23.6 Å². The third kappa shape index (κ3) is 6.10. The van der Waals surface area contributed by atoms with E-state index in [0.717, 1.165) is 19.0 Å². The Labute approximate surface area is 173 Å². The number of benzene rings is 2. The Kier molecular flexibility index (Phi) is 7.28. The fourth-order valence-electron chi connectivity index (χ4n) is 3.04. The van der Waals surface area contributed by atoms with Crippen molar-refractivity contribution in [2.75, 3.05) is 25.5 Å². The van der Waals surface area contributed by atoms with Gasteiger partial charge >= 0.3 is 0 Å². The number of aliphatic imine (C=N–C) groups is 1. The molecule has 152 valence electrons. The standard InChI is InChI=1S/C23H30N6/c1-4-24-23(25-16-19-10-12-22(13-11-19)28(2)3)26-17-20-8-5-6-9-21(20)18-29-15-7-14-27-29/h5-15H,4,16-18H2,1-3H3,(H2,24,25,26). The van der Waals surface area contributed by atoms with Crippen molar-refractivity contribution in [3.8, 4) is 0 Å². The van der Waals surface area contributed by atoms with E-state index >= 15 is 0 Å². The largest absolute Gasteiger partial charge is 0.378 e. The Morgan fingerprint density at radius 3 is 2.41 bits per heavy atom. The molecule has 0 unspecified atom stereocenters. The van der Waals surface area contributed by atoms with E-state index in [1.165, 1.54) is 22.4 Å². The molecule has 3 aromatic rings. The summed E-state index contributed by atoms with van der Waals surface area (Å²) >= 11 is 0. The van der Waals surface area contributed by atoms with Crippen LogP contribution in [0.15, 0.2) is 72.0 Å². The average molecular weight is 391 g/mol. The fraction of sp³-hybridized carbons (Fsp3) is 0.304. The normalized spacial score (nSPS) is 11.3. The van der Waals surface area contributed by atoms with Gasteiger partial charge in [0.15, 0.2) is 5.96 Å². The highest BCUT2D eigenvalue weighted by atomic mass is 15.3. The number of guanidine groups is 1. The highest BCUT2D eigenvalue weighted by molar-refractivity contribution is 5.79. The third-order valence-electron chi connectivity index (χ3n) is 4.67. The maximum absolute atomic E-state index is 4.74. The molecule has 0 aliphatic rings. The molecule has 0 amide bonds. The number of aromatic nitrogens is 2. The van der Waals surface area contributed by atoms with Gasteiger partial charge in [0.2, 0.25) is 0 Å². The van der Waals surface area contributed by atoms with Gasteiger partial charge in [-0.05, 0) is 41.8 Å². The van der Waals surface area contributed by atoms with Crippen LogP contribution < -0.4 is 15.5 Å². The minimum absolute atomic E-state index is 0.637. The molecule has 3 rings (SSSR count). The van der Waals surface area contributed by atoms with Gasteiger partial charge in [0.1, 0.15) is 0 Å². The number of nitrogens with zero attached hydrogens (tertiary/aromatic N) is 4. The van der Waals surface area contributed by atoms with E-state index in [1.807, 2.05) is 37.2 Å². The number of hydrogen-bond donors (Lipinski definition) is 2. The molecule has 0 fully saturated rings. The van der Waals surface area contributed by atoms with E-state index in [1.54, 1.807) is 0 Å². The van der Waals surface area contributed by atoms with Gasteiger partial charge in [-0.15, -0.1) is 0 Å². The summed E-state index contributed by atoms with van der Waals surface area (Å²) in [6.45, 7) is 5.01. The van der Waals surface area contributed by atoms with Gasteiger partial charge < -0.3 is 15.5 Å². The number of anilines is 1. The van der Waals surface area contributed by atoms with Crippen molar-refractivity contribution in [2.45, 2.75) is 26.6 Å². The molecule has 0 saturated carbocycles. The molecule has 6 nitrogen and oxygen atoms in total. The summed E-state index contributed by atoms with van der Waals surface area (Å²) in [5, 5.41) is 11.1. The first-order valence-electron chi connectivity index (χ1n) is 9.98. The third-order valence-corrected chi connectivity index (χ3v) is 4.67. The molecule has 2 N–H and O–H groups in total. The second-order valence-electron chi connectivity index (χ2n) is 7.08. The predicted octanol–water partition coefficient (Wildman–Crippen LogP) is 3.25. The summed E-state index contributed by atoms with van der Waals surface area (Å²) in [4.78, 5) is 6.84. The molecule has 0 aliphatic carbocycles. The highest BCUT2D eigenvalue weighted by Gasteiger charge is 2.05. The lowest BCUT2D eigenvalue weighted by Crippen LogP contribution is -2.37. The summed E-state index contributed by atoms with van der Waals surface area (Å²) in [5.41, 5.74) is 4.87. The van der Waals surface area contributed by atoms with Crippen LogP contribution in [-0.4, -0.2) is 36.4 Å². The molecule has 0 bridgehead atoms. The van der Waals surface area contributed by atoms with Crippen molar-refractivity contribution in [1.82, 2.24) is 20.4 Å². The second-order valence-corrected chi connectivity index (χ2v) is 7.08. The zero-order valence-electron chi connectivity index (χ0n) is 17.5. The van der Waals surface area contributed by atoms with Crippen LogP contribution in [0.3, 0.4) is 0 Å². The number of rotatable bonds is 8. The number of hydrogen-bond acceptors (Lipinski definition) is 3. The Hall–Kier alpha value is -3.28. The maximum Gasteiger partial charge on any atom is 0.191 e. The summed E-state index contributed by atoms with van der Waals surface area (Å²) < 4.78 is 1.94. The van der Waals surface area contributed by atoms with Crippen molar-refractivity contribution < 1.29 is 0 Å². The van der Waals surface area contributed by atoms with Crippen LogP contribution in [0.5, 0.6) is 0 Å². The zero-order valence-corrected chi connectivity index (χ0v) is 17.5. The van der Waals surface area contributed by atoms with Crippen LogP contribution in [0.2, 0.25) is 0 Å². The van der Waals surface area contributed by atoms with Crippen molar-refractivity contribution in [2.24, 2.45) is 4.99 Å². The Balaban J connectivity index is 1.64. The quantitative estimate of drug-likeness (QED) is 0.458. The fourth-order valence-corrected chi connectivity index (χ4v) is 3.04. The van der Waals surface area contributed by atoms with E-state index in [0.29, 0.717) is 13.1 Å². The molecule has 0 spiro atoms. The lowest BCUT2D eigenvalue weighted by atomic mass is 10.1.